The molecule has 88 valence electrons. The molecular weight excluding hydrogens is 212 g/mol. The molecule has 0 saturated carbocycles. The number of hydrogen-bond donors (Lipinski definition) is 1. The smallest absolute Gasteiger partial charge is 0.352 e. The highest BCUT2D eigenvalue weighted by atomic mass is 16.6. The normalized spacial score (nSPS) is 10.5. The van der Waals surface area contributed by atoms with Crippen LogP contribution in [0.1, 0.15) is 19.5 Å². The standard InChI is InChI=1S/C9H14N4O3/c1-5(2)4-16-8-7(13(14)15)6(3)11-9(10)12-8/h5H,4H2,1-3H3,(H2,10,11,12). The molecule has 1 aromatic rings. The Morgan fingerprint density at radius 1 is 1.50 bits per heavy atom. The van der Waals surface area contributed by atoms with Crippen molar-refractivity contribution < 1.29 is 9.66 Å². The van der Waals surface area contributed by atoms with Crippen molar-refractivity contribution in [2.75, 3.05) is 12.3 Å². The van der Waals surface area contributed by atoms with Gasteiger partial charge in [-0.05, 0) is 12.8 Å². The molecule has 0 unspecified atom stereocenters. The van der Waals surface area contributed by atoms with Crippen molar-refractivity contribution in [2.45, 2.75) is 20.8 Å². The molecule has 1 rings (SSSR count). The van der Waals surface area contributed by atoms with Gasteiger partial charge in [-0.3, -0.25) is 10.1 Å². The van der Waals surface area contributed by atoms with Crippen LogP contribution in [0, 0.1) is 23.0 Å². The maximum Gasteiger partial charge on any atom is 0.352 e. The monoisotopic (exact) mass is 226 g/mol. The lowest BCUT2D eigenvalue weighted by Gasteiger charge is -2.09. The second-order valence-electron chi connectivity index (χ2n) is 3.78. The molecule has 0 aliphatic heterocycles. The molecule has 2 N–H and O–H groups in total. The van der Waals surface area contributed by atoms with E-state index in [1.165, 1.54) is 6.92 Å². The number of ether oxygens (including phenoxy) is 1. The van der Waals surface area contributed by atoms with E-state index in [1.54, 1.807) is 0 Å². The summed E-state index contributed by atoms with van der Waals surface area (Å²) in [6, 6.07) is 0. The molecule has 1 heterocycles. The molecule has 0 aliphatic rings. The lowest BCUT2D eigenvalue weighted by atomic mass is 10.2. The van der Waals surface area contributed by atoms with Crippen LogP contribution in [0.5, 0.6) is 5.88 Å². The zero-order chi connectivity index (χ0) is 12.3. The van der Waals surface area contributed by atoms with E-state index < -0.39 is 4.92 Å². The minimum atomic E-state index is -0.565. The van der Waals surface area contributed by atoms with Gasteiger partial charge in [0.1, 0.15) is 5.69 Å². The average Bonchev–Trinajstić information content (AvgIpc) is 2.12. The van der Waals surface area contributed by atoms with Crippen molar-refractivity contribution in [3.63, 3.8) is 0 Å². The second-order valence-corrected chi connectivity index (χ2v) is 3.78. The Morgan fingerprint density at radius 2 is 2.12 bits per heavy atom. The summed E-state index contributed by atoms with van der Waals surface area (Å²) in [5.74, 6) is 0.154. The van der Waals surface area contributed by atoms with Crippen molar-refractivity contribution >= 4 is 11.6 Å². The van der Waals surface area contributed by atoms with Gasteiger partial charge in [-0.25, -0.2) is 4.98 Å². The average molecular weight is 226 g/mol. The molecule has 0 bridgehead atoms. The first-order chi connectivity index (χ1) is 7.41. The van der Waals surface area contributed by atoms with E-state index in [0.717, 1.165) is 0 Å². The molecule has 1 aromatic heterocycles. The number of nitrogens with two attached hydrogens (primary N) is 1. The van der Waals surface area contributed by atoms with E-state index in [1.807, 2.05) is 13.8 Å². The predicted molar refractivity (Wildman–Crippen MR) is 58.2 cm³/mol. The summed E-state index contributed by atoms with van der Waals surface area (Å²) in [6.45, 7) is 5.71. The number of aryl methyl sites for hydroxylation is 1. The molecule has 0 radical (unpaired) electrons. The van der Waals surface area contributed by atoms with Crippen LogP contribution < -0.4 is 10.5 Å². The summed E-state index contributed by atoms with van der Waals surface area (Å²) >= 11 is 0. The number of aromatic nitrogens is 2. The minimum Gasteiger partial charge on any atom is -0.472 e. The number of nitro groups is 1. The molecular formula is C9H14N4O3. The van der Waals surface area contributed by atoms with Crippen molar-refractivity contribution in [3.05, 3.63) is 15.8 Å². The maximum absolute atomic E-state index is 10.8. The van der Waals surface area contributed by atoms with Gasteiger partial charge >= 0.3 is 5.69 Å². The Morgan fingerprint density at radius 3 is 2.62 bits per heavy atom. The van der Waals surface area contributed by atoms with E-state index in [4.69, 9.17) is 10.5 Å². The SMILES string of the molecule is Cc1nc(N)nc(OCC(C)C)c1[N+](=O)[O-]. The Balaban J connectivity index is 3.09. The second kappa shape index (κ2) is 4.73. The van der Waals surface area contributed by atoms with E-state index in [-0.39, 0.29) is 29.1 Å². The number of nitrogen functional groups attached to an aromatic ring is 1. The van der Waals surface area contributed by atoms with Gasteiger partial charge in [0.2, 0.25) is 5.95 Å². The van der Waals surface area contributed by atoms with Crippen LogP contribution in [0.4, 0.5) is 11.6 Å². The number of hydrogen-bond acceptors (Lipinski definition) is 6. The number of nitrogens with zero attached hydrogens (tertiary/aromatic N) is 3. The summed E-state index contributed by atoms with van der Waals surface area (Å²) in [5, 5.41) is 10.8. The Bertz CT molecular complexity index is 406. The molecule has 0 atom stereocenters. The van der Waals surface area contributed by atoms with Crippen LogP contribution >= 0.6 is 0 Å². The first-order valence-corrected chi connectivity index (χ1v) is 4.83. The fraction of sp³-hybridized carbons (Fsp3) is 0.556. The Hall–Kier alpha value is -1.92. The minimum absolute atomic E-state index is 0.0261. The van der Waals surface area contributed by atoms with Gasteiger partial charge in [0, 0.05) is 0 Å². The van der Waals surface area contributed by atoms with E-state index in [0.29, 0.717) is 6.61 Å². The van der Waals surface area contributed by atoms with Gasteiger partial charge in [0.25, 0.3) is 5.88 Å². The maximum atomic E-state index is 10.8. The van der Waals surface area contributed by atoms with Crippen LogP contribution in [-0.4, -0.2) is 21.5 Å². The zero-order valence-electron chi connectivity index (χ0n) is 9.43. The van der Waals surface area contributed by atoms with Crippen LogP contribution in [-0.2, 0) is 0 Å². The third kappa shape index (κ3) is 2.78. The summed E-state index contributed by atoms with van der Waals surface area (Å²) in [5.41, 5.74) is 5.39. The van der Waals surface area contributed by atoms with Gasteiger partial charge in [0.15, 0.2) is 0 Å². The van der Waals surface area contributed by atoms with Gasteiger partial charge in [0.05, 0.1) is 11.5 Å². The van der Waals surface area contributed by atoms with E-state index in [9.17, 15) is 10.1 Å². The van der Waals surface area contributed by atoms with Gasteiger partial charge in [-0.2, -0.15) is 4.98 Å². The summed E-state index contributed by atoms with van der Waals surface area (Å²) in [7, 11) is 0. The van der Waals surface area contributed by atoms with Crippen LogP contribution in [0.15, 0.2) is 0 Å². The summed E-state index contributed by atoms with van der Waals surface area (Å²) in [4.78, 5) is 17.7. The van der Waals surface area contributed by atoms with Gasteiger partial charge < -0.3 is 10.5 Å². The first-order valence-electron chi connectivity index (χ1n) is 4.83. The molecule has 0 spiro atoms. The van der Waals surface area contributed by atoms with Crippen LogP contribution in [0.2, 0.25) is 0 Å². The molecule has 0 aliphatic carbocycles. The quantitative estimate of drug-likeness (QED) is 0.613. The third-order valence-corrected chi connectivity index (χ3v) is 1.78. The predicted octanol–water partition coefficient (Wildman–Crippen LogP) is 1.31. The summed E-state index contributed by atoms with van der Waals surface area (Å²) in [6.07, 6.45) is 0. The molecule has 0 amide bonds. The molecule has 7 nitrogen and oxygen atoms in total. The van der Waals surface area contributed by atoms with Gasteiger partial charge in [-0.15, -0.1) is 0 Å². The van der Waals surface area contributed by atoms with E-state index >= 15 is 0 Å². The fourth-order valence-corrected chi connectivity index (χ4v) is 1.12. The van der Waals surface area contributed by atoms with Crippen LogP contribution in [0.25, 0.3) is 0 Å². The highest BCUT2D eigenvalue weighted by molar-refractivity contribution is 5.47. The Kier molecular flexibility index (Phi) is 3.60. The van der Waals surface area contributed by atoms with Crippen molar-refractivity contribution in [2.24, 2.45) is 5.92 Å². The summed E-state index contributed by atoms with van der Waals surface area (Å²) < 4.78 is 5.25. The van der Waals surface area contributed by atoms with Crippen molar-refractivity contribution in [3.8, 4) is 5.88 Å². The van der Waals surface area contributed by atoms with Crippen molar-refractivity contribution in [1.82, 2.24) is 9.97 Å². The lowest BCUT2D eigenvalue weighted by Crippen LogP contribution is -2.10. The first kappa shape index (κ1) is 12.2. The molecule has 0 saturated heterocycles. The van der Waals surface area contributed by atoms with Gasteiger partial charge in [-0.1, -0.05) is 13.8 Å². The zero-order valence-corrected chi connectivity index (χ0v) is 9.43. The third-order valence-electron chi connectivity index (χ3n) is 1.78. The molecule has 7 heteroatoms. The van der Waals surface area contributed by atoms with Crippen molar-refractivity contribution in [1.29, 1.82) is 0 Å². The number of rotatable bonds is 4. The topological polar surface area (TPSA) is 104 Å². The van der Waals surface area contributed by atoms with Crippen LogP contribution in [0.3, 0.4) is 0 Å². The highest BCUT2D eigenvalue weighted by Crippen LogP contribution is 2.28. The highest BCUT2D eigenvalue weighted by Gasteiger charge is 2.23. The van der Waals surface area contributed by atoms with E-state index in [2.05, 4.69) is 9.97 Å². The lowest BCUT2D eigenvalue weighted by molar-refractivity contribution is -0.387. The molecule has 0 aromatic carbocycles. The Labute approximate surface area is 92.8 Å². The molecule has 16 heavy (non-hydrogen) atoms. The fourth-order valence-electron chi connectivity index (χ4n) is 1.12. The molecule has 0 fully saturated rings. The largest absolute Gasteiger partial charge is 0.472 e. The number of anilines is 1.